The van der Waals surface area contributed by atoms with Crippen LogP contribution in [0.1, 0.15) is 70.9 Å². The summed E-state index contributed by atoms with van der Waals surface area (Å²) in [5.41, 5.74) is 1.64. The van der Waals surface area contributed by atoms with E-state index >= 15 is 0 Å². The van der Waals surface area contributed by atoms with Crippen LogP contribution in [0.2, 0.25) is 0 Å². The number of phenols is 1. The number of nitrogens with one attached hydrogen (secondary N) is 1. The van der Waals surface area contributed by atoms with Crippen molar-refractivity contribution in [2.75, 3.05) is 13.1 Å². The summed E-state index contributed by atoms with van der Waals surface area (Å²) in [7, 11) is 0. The highest BCUT2D eigenvalue weighted by Crippen LogP contribution is 2.33. The fraction of sp³-hybridized carbons (Fsp3) is 0.607. The average Bonchev–Trinajstić information content (AvgIpc) is 3.48. The average molecular weight is 527 g/mol. The third kappa shape index (κ3) is 6.71. The molecule has 1 aromatic carbocycles. The summed E-state index contributed by atoms with van der Waals surface area (Å²) < 4.78 is 5.67. The summed E-state index contributed by atoms with van der Waals surface area (Å²) >= 11 is 0. The Labute approximate surface area is 222 Å². The Kier molecular flexibility index (Phi) is 9.01. The second kappa shape index (κ2) is 12.4. The minimum Gasteiger partial charge on any atom is -0.508 e. The molecule has 1 aliphatic heterocycles. The van der Waals surface area contributed by atoms with E-state index in [0.717, 1.165) is 51.4 Å². The Hall–Kier alpha value is -3.43. The quantitative estimate of drug-likeness (QED) is 0.396. The van der Waals surface area contributed by atoms with Crippen LogP contribution in [0.3, 0.4) is 0 Å². The van der Waals surface area contributed by atoms with Gasteiger partial charge in [-0.2, -0.15) is 0 Å². The van der Waals surface area contributed by atoms with E-state index in [2.05, 4.69) is 15.3 Å². The number of carbonyl (C=O) groups is 3. The zero-order valence-corrected chi connectivity index (χ0v) is 22.2. The van der Waals surface area contributed by atoms with E-state index in [1.165, 1.54) is 13.0 Å². The maximum Gasteiger partial charge on any atom is 0.407 e. The summed E-state index contributed by atoms with van der Waals surface area (Å²) in [4.78, 5) is 47.1. The van der Waals surface area contributed by atoms with Crippen molar-refractivity contribution in [3.05, 3.63) is 23.9 Å². The Bertz CT molecular complexity index is 1170. The zero-order valence-electron chi connectivity index (χ0n) is 22.2. The van der Waals surface area contributed by atoms with Crippen LogP contribution in [-0.2, 0) is 20.7 Å². The molecule has 4 atom stereocenters. The van der Waals surface area contributed by atoms with Gasteiger partial charge in [0.25, 0.3) is 0 Å². The highest BCUT2D eigenvalue weighted by atomic mass is 16.6. The summed E-state index contributed by atoms with van der Waals surface area (Å²) in [6.45, 7) is 3.83. The van der Waals surface area contributed by atoms with Gasteiger partial charge in [0.1, 0.15) is 24.1 Å². The van der Waals surface area contributed by atoms with Gasteiger partial charge in [0.2, 0.25) is 11.8 Å². The number of phenolic OH excluding ortho intramolecular Hbond substituents is 1. The van der Waals surface area contributed by atoms with E-state index in [9.17, 15) is 24.6 Å². The van der Waals surface area contributed by atoms with Gasteiger partial charge in [0, 0.05) is 12.6 Å². The van der Waals surface area contributed by atoms with Crippen LogP contribution < -0.4 is 5.32 Å². The molecule has 10 heteroatoms. The number of Topliss-reactive ketones (excluding diaryl/α,β-unsaturated/α-hetero) is 1. The van der Waals surface area contributed by atoms with Crippen molar-refractivity contribution in [3.8, 4) is 11.6 Å². The van der Waals surface area contributed by atoms with Gasteiger partial charge in [-0.15, -0.1) is 0 Å². The molecule has 1 unspecified atom stereocenters. The van der Waals surface area contributed by atoms with E-state index in [0.29, 0.717) is 35.6 Å². The minimum atomic E-state index is -0.583. The van der Waals surface area contributed by atoms with Crippen LogP contribution in [0.15, 0.2) is 18.2 Å². The molecule has 0 radical (unpaired) electrons. The van der Waals surface area contributed by atoms with Crippen LogP contribution in [-0.4, -0.2) is 68.1 Å². The highest BCUT2D eigenvalue weighted by molar-refractivity contribution is 5.90. The Morgan fingerprint density at radius 3 is 2.68 bits per heavy atom. The maximum absolute atomic E-state index is 12.6. The number of nitrogens with zero attached hydrogens (tertiary/aromatic N) is 3. The van der Waals surface area contributed by atoms with Crippen molar-refractivity contribution in [3.63, 3.8) is 0 Å². The van der Waals surface area contributed by atoms with Crippen LogP contribution in [0.25, 0.3) is 11.0 Å². The molecule has 2 aromatic rings. The predicted molar refractivity (Wildman–Crippen MR) is 141 cm³/mol. The third-order valence-corrected chi connectivity index (χ3v) is 7.86. The van der Waals surface area contributed by atoms with E-state index in [1.54, 1.807) is 17.0 Å². The molecule has 2 heterocycles. The number of ether oxygens (including phenoxy) is 1. The number of fused-ring (bicyclic) bond motifs is 1. The standard InChI is InChI=1S/C28H38N4O6/c1-17-13-14-32(26(17)18(2)33)25(35)16-29-28(37)38-24-10-6-8-19(24)7-4-3-5-9-22-27(36)31-23-15-20(34)11-12-21(23)30-22/h11-12,15,17,19,24,26,34H,3-10,13-14,16H2,1-2H3,(H,29,37)(H,31,36)/t17-,19-,24?,26+/m1/s1. The molecule has 4 rings (SSSR count). The third-order valence-electron chi connectivity index (χ3n) is 7.86. The first-order valence-corrected chi connectivity index (χ1v) is 13.7. The number of unbranched alkanes of at least 4 members (excludes halogenated alkanes) is 2. The van der Waals surface area contributed by atoms with Crippen molar-refractivity contribution in [2.24, 2.45) is 11.8 Å². The number of aromatic nitrogens is 2. The van der Waals surface area contributed by atoms with E-state index < -0.39 is 12.1 Å². The lowest BCUT2D eigenvalue weighted by Crippen LogP contribution is -2.46. The number of likely N-dealkylation sites (tertiary alicyclic amines) is 1. The first-order chi connectivity index (χ1) is 18.2. The van der Waals surface area contributed by atoms with Crippen molar-refractivity contribution in [2.45, 2.75) is 83.8 Å². The number of hydrogen-bond acceptors (Lipinski definition) is 8. The number of benzene rings is 1. The zero-order chi connectivity index (χ0) is 27.2. The molecule has 0 spiro atoms. The molecule has 10 nitrogen and oxygen atoms in total. The van der Waals surface area contributed by atoms with Gasteiger partial charge in [-0.05, 0) is 75.8 Å². The lowest BCUT2D eigenvalue weighted by molar-refractivity contribution is -0.136. The summed E-state index contributed by atoms with van der Waals surface area (Å²) in [6.07, 6.45) is 7.19. The molecule has 3 N–H and O–H groups in total. The molecule has 1 aliphatic carbocycles. The molecule has 1 saturated carbocycles. The number of amides is 2. The largest absolute Gasteiger partial charge is 0.508 e. The second-order valence-electron chi connectivity index (χ2n) is 10.7. The van der Waals surface area contributed by atoms with Crippen molar-refractivity contribution in [1.29, 1.82) is 0 Å². The fourth-order valence-electron chi connectivity index (χ4n) is 5.88. The van der Waals surface area contributed by atoms with E-state index in [-0.39, 0.29) is 41.9 Å². The number of hydrogen-bond donors (Lipinski definition) is 3. The molecular formula is C28H38N4O6. The monoisotopic (exact) mass is 526 g/mol. The topological polar surface area (TPSA) is 142 Å². The number of aryl methyl sites for hydroxylation is 1. The number of ketones is 1. The summed E-state index contributed by atoms with van der Waals surface area (Å²) in [5, 5.41) is 22.3. The van der Waals surface area contributed by atoms with E-state index in [1.807, 2.05) is 6.92 Å². The fourth-order valence-corrected chi connectivity index (χ4v) is 5.88. The molecule has 2 aliphatic rings. The highest BCUT2D eigenvalue weighted by Gasteiger charge is 2.37. The lowest BCUT2D eigenvalue weighted by atomic mass is 9.97. The molecule has 206 valence electrons. The number of carbonyl (C=O) groups excluding carboxylic acids is 3. The van der Waals surface area contributed by atoms with Gasteiger partial charge >= 0.3 is 6.09 Å². The Morgan fingerprint density at radius 1 is 1.08 bits per heavy atom. The second-order valence-corrected chi connectivity index (χ2v) is 10.7. The smallest absolute Gasteiger partial charge is 0.407 e. The van der Waals surface area contributed by atoms with Gasteiger partial charge < -0.3 is 25.2 Å². The van der Waals surface area contributed by atoms with Crippen molar-refractivity contribution < 1.29 is 29.3 Å². The van der Waals surface area contributed by atoms with Gasteiger partial charge in [0.05, 0.1) is 17.1 Å². The van der Waals surface area contributed by atoms with Crippen molar-refractivity contribution >= 4 is 28.8 Å². The lowest BCUT2D eigenvalue weighted by Gasteiger charge is -2.25. The van der Waals surface area contributed by atoms with Crippen molar-refractivity contribution in [1.82, 2.24) is 20.2 Å². The summed E-state index contributed by atoms with van der Waals surface area (Å²) in [6, 6.07) is 4.30. The first-order valence-electron chi connectivity index (χ1n) is 13.7. The minimum absolute atomic E-state index is 0.0251. The predicted octanol–water partition coefficient (Wildman–Crippen LogP) is 3.86. The van der Waals surface area contributed by atoms with Gasteiger partial charge in [-0.3, -0.25) is 9.59 Å². The van der Waals surface area contributed by atoms with Gasteiger partial charge in [-0.1, -0.05) is 19.8 Å². The molecular weight excluding hydrogens is 488 g/mol. The van der Waals surface area contributed by atoms with Crippen LogP contribution >= 0.6 is 0 Å². The number of rotatable bonds is 10. The Morgan fingerprint density at radius 2 is 1.89 bits per heavy atom. The SMILES string of the molecule is CC(=O)[C@@H]1[C@H](C)CCN1C(=O)CNC(=O)OC1CCC[C@H]1CCCCCc1nc2ccc(O)cc2nc1O. The van der Waals surface area contributed by atoms with Crippen LogP contribution in [0.4, 0.5) is 4.79 Å². The molecule has 2 fully saturated rings. The Balaban J connectivity index is 1.16. The number of aromatic hydroxyl groups is 2. The molecule has 0 bridgehead atoms. The van der Waals surface area contributed by atoms with E-state index in [4.69, 9.17) is 4.74 Å². The number of alkyl carbamates (subject to hydrolysis) is 1. The molecule has 2 amide bonds. The first kappa shape index (κ1) is 27.6. The normalized spacial score (nSPS) is 23.1. The van der Waals surface area contributed by atoms with Crippen LogP contribution in [0, 0.1) is 11.8 Å². The van der Waals surface area contributed by atoms with Gasteiger partial charge in [-0.25, -0.2) is 14.8 Å². The van der Waals surface area contributed by atoms with Crippen LogP contribution in [0.5, 0.6) is 11.6 Å². The molecule has 1 saturated heterocycles. The maximum atomic E-state index is 12.6. The molecule has 1 aromatic heterocycles. The summed E-state index contributed by atoms with van der Waals surface area (Å²) in [5.74, 6) is 0.118. The van der Waals surface area contributed by atoms with Gasteiger partial charge in [0.15, 0.2) is 5.78 Å². The molecule has 38 heavy (non-hydrogen) atoms.